The number of aromatic amines is 1. The van der Waals surface area contributed by atoms with Crippen LogP contribution in [-0.2, 0) is 6.42 Å². The van der Waals surface area contributed by atoms with Crippen LogP contribution >= 0.6 is 0 Å². The van der Waals surface area contributed by atoms with E-state index >= 15 is 0 Å². The summed E-state index contributed by atoms with van der Waals surface area (Å²) in [4.78, 5) is 4.15. The summed E-state index contributed by atoms with van der Waals surface area (Å²) in [5, 5.41) is 10.5. The Balaban J connectivity index is 1.58. The molecule has 0 aromatic carbocycles. The molecule has 2 rings (SSSR count). The lowest BCUT2D eigenvalue weighted by atomic mass is 9.95. The standard InChI is InChI=1S/C15H28N4/c1-2-5-13-6-3-7-14(10-9-13)16-11-4-8-15-17-12-18-19-15/h12-14,16H,2-11H2,1H3,(H,17,18,19). The fourth-order valence-electron chi connectivity index (χ4n) is 3.19. The highest BCUT2D eigenvalue weighted by atomic mass is 15.2. The molecule has 1 saturated carbocycles. The van der Waals surface area contributed by atoms with Crippen LogP contribution in [0.25, 0.3) is 0 Å². The zero-order valence-corrected chi connectivity index (χ0v) is 12.2. The minimum Gasteiger partial charge on any atom is -0.314 e. The van der Waals surface area contributed by atoms with Crippen LogP contribution in [0.5, 0.6) is 0 Å². The fourth-order valence-corrected chi connectivity index (χ4v) is 3.19. The largest absolute Gasteiger partial charge is 0.314 e. The Morgan fingerprint density at radius 3 is 3.05 bits per heavy atom. The molecule has 19 heavy (non-hydrogen) atoms. The minimum absolute atomic E-state index is 0.747. The molecule has 1 aliphatic carbocycles. The first-order chi connectivity index (χ1) is 9.38. The van der Waals surface area contributed by atoms with Crippen molar-refractivity contribution >= 4 is 0 Å². The van der Waals surface area contributed by atoms with Crippen LogP contribution in [0.15, 0.2) is 6.33 Å². The lowest BCUT2D eigenvalue weighted by Crippen LogP contribution is -2.29. The van der Waals surface area contributed by atoms with E-state index in [1.54, 1.807) is 6.33 Å². The van der Waals surface area contributed by atoms with Crippen molar-refractivity contribution in [3.05, 3.63) is 12.2 Å². The van der Waals surface area contributed by atoms with Gasteiger partial charge in [0.2, 0.25) is 0 Å². The molecule has 0 saturated heterocycles. The number of H-pyrrole nitrogens is 1. The third-order valence-electron chi connectivity index (χ3n) is 4.27. The maximum atomic E-state index is 4.15. The number of nitrogens with one attached hydrogen (secondary N) is 2. The summed E-state index contributed by atoms with van der Waals surface area (Å²) in [5.74, 6) is 2.00. The summed E-state index contributed by atoms with van der Waals surface area (Å²) in [7, 11) is 0. The van der Waals surface area contributed by atoms with Gasteiger partial charge in [0.25, 0.3) is 0 Å². The lowest BCUT2D eigenvalue weighted by Gasteiger charge is -2.16. The molecular formula is C15H28N4. The number of nitrogens with zero attached hydrogens (tertiary/aromatic N) is 2. The summed E-state index contributed by atoms with van der Waals surface area (Å²) in [6.45, 7) is 3.41. The zero-order chi connectivity index (χ0) is 13.3. The topological polar surface area (TPSA) is 53.6 Å². The predicted octanol–water partition coefficient (Wildman–Crippen LogP) is 3.08. The summed E-state index contributed by atoms with van der Waals surface area (Å²) in [5.41, 5.74) is 0. The van der Waals surface area contributed by atoms with Crippen molar-refractivity contribution in [1.29, 1.82) is 0 Å². The van der Waals surface area contributed by atoms with Gasteiger partial charge >= 0.3 is 0 Å². The fraction of sp³-hybridized carbons (Fsp3) is 0.867. The molecule has 4 heteroatoms. The highest BCUT2D eigenvalue weighted by molar-refractivity contribution is 4.80. The Labute approximate surface area is 116 Å². The van der Waals surface area contributed by atoms with Gasteiger partial charge in [0.05, 0.1) is 0 Å². The summed E-state index contributed by atoms with van der Waals surface area (Å²) in [6.07, 6.45) is 13.5. The Kier molecular flexibility index (Phi) is 6.34. The summed E-state index contributed by atoms with van der Waals surface area (Å²) < 4.78 is 0. The minimum atomic E-state index is 0.747. The van der Waals surface area contributed by atoms with Crippen molar-refractivity contribution in [2.75, 3.05) is 6.54 Å². The normalized spacial score (nSPS) is 24.3. The monoisotopic (exact) mass is 264 g/mol. The number of hydrogen-bond donors (Lipinski definition) is 2. The first kappa shape index (κ1) is 14.5. The molecule has 1 fully saturated rings. The Morgan fingerprint density at radius 1 is 1.32 bits per heavy atom. The third kappa shape index (κ3) is 5.31. The van der Waals surface area contributed by atoms with E-state index in [1.165, 1.54) is 44.9 Å². The number of rotatable bonds is 7. The maximum Gasteiger partial charge on any atom is 0.137 e. The van der Waals surface area contributed by atoms with E-state index < -0.39 is 0 Å². The average Bonchev–Trinajstić information content (AvgIpc) is 2.83. The van der Waals surface area contributed by atoms with Gasteiger partial charge in [-0.2, -0.15) is 5.10 Å². The van der Waals surface area contributed by atoms with Gasteiger partial charge in [-0.1, -0.05) is 32.6 Å². The van der Waals surface area contributed by atoms with Gasteiger partial charge in [-0.05, 0) is 38.1 Å². The molecular weight excluding hydrogens is 236 g/mol. The molecule has 1 heterocycles. The van der Waals surface area contributed by atoms with Crippen LogP contribution in [0.1, 0.15) is 64.1 Å². The Bertz CT molecular complexity index is 323. The van der Waals surface area contributed by atoms with Crippen molar-refractivity contribution in [2.45, 2.75) is 70.8 Å². The molecule has 0 radical (unpaired) electrons. The molecule has 0 bridgehead atoms. The van der Waals surface area contributed by atoms with Gasteiger partial charge in [-0.25, -0.2) is 4.98 Å². The highest BCUT2D eigenvalue weighted by Gasteiger charge is 2.17. The zero-order valence-electron chi connectivity index (χ0n) is 12.2. The van der Waals surface area contributed by atoms with Crippen molar-refractivity contribution in [3.8, 4) is 0 Å². The number of hydrogen-bond acceptors (Lipinski definition) is 3. The van der Waals surface area contributed by atoms with Crippen LogP contribution in [0.2, 0.25) is 0 Å². The van der Waals surface area contributed by atoms with Crippen LogP contribution in [0.3, 0.4) is 0 Å². The van der Waals surface area contributed by atoms with E-state index in [2.05, 4.69) is 27.4 Å². The van der Waals surface area contributed by atoms with E-state index in [1.807, 2.05) is 0 Å². The molecule has 108 valence electrons. The van der Waals surface area contributed by atoms with Crippen molar-refractivity contribution in [3.63, 3.8) is 0 Å². The van der Waals surface area contributed by atoms with Gasteiger partial charge < -0.3 is 5.32 Å². The molecule has 0 amide bonds. The molecule has 0 aliphatic heterocycles. The van der Waals surface area contributed by atoms with Gasteiger partial charge in [0.1, 0.15) is 12.2 Å². The van der Waals surface area contributed by atoms with Crippen molar-refractivity contribution in [1.82, 2.24) is 20.5 Å². The van der Waals surface area contributed by atoms with Gasteiger partial charge in [0.15, 0.2) is 0 Å². The van der Waals surface area contributed by atoms with Gasteiger partial charge in [-0.3, -0.25) is 5.10 Å². The molecule has 2 N–H and O–H groups in total. The quantitative estimate of drug-likeness (QED) is 0.588. The Morgan fingerprint density at radius 2 is 2.26 bits per heavy atom. The predicted molar refractivity (Wildman–Crippen MR) is 78.0 cm³/mol. The average molecular weight is 264 g/mol. The first-order valence-electron chi connectivity index (χ1n) is 7.96. The van der Waals surface area contributed by atoms with Crippen LogP contribution in [0, 0.1) is 5.92 Å². The number of aryl methyl sites for hydroxylation is 1. The second-order valence-corrected chi connectivity index (χ2v) is 5.85. The molecule has 1 aromatic rings. The Hall–Kier alpha value is -0.900. The highest BCUT2D eigenvalue weighted by Crippen LogP contribution is 2.26. The van der Waals surface area contributed by atoms with Crippen molar-refractivity contribution < 1.29 is 0 Å². The molecule has 1 aromatic heterocycles. The third-order valence-corrected chi connectivity index (χ3v) is 4.27. The molecule has 2 unspecified atom stereocenters. The van der Waals surface area contributed by atoms with Gasteiger partial charge in [-0.15, -0.1) is 0 Å². The molecule has 4 nitrogen and oxygen atoms in total. The van der Waals surface area contributed by atoms with Crippen LogP contribution < -0.4 is 5.32 Å². The van der Waals surface area contributed by atoms with E-state index in [-0.39, 0.29) is 0 Å². The SMILES string of the molecule is CCCC1CCCC(NCCCc2ncn[nH]2)CC1. The maximum absolute atomic E-state index is 4.15. The second-order valence-electron chi connectivity index (χ2n) is 5.85. The van der Waals surface area contributed by atoms with E-state index in [9.17, 15) is 0 Å². The summed E-state index contributed by atoms with van der Waals surface area (Å²) >= 11 is 0. The van der Waals surface area contributed by atoms with Crippen LogP contribution in [0.4, 0.5) is 0 Å². The smallest absolute Gasteiger partial charge is 0.137 e. The molecule has 1 aliphatic rings. The van der Waals surface area contributed by atoms with Crippen molar-refractivity contribution in [2.24, 2.45) is 5.92 Å². The van der Waals surface area contributed by atoms with Crippen LogP contribution in [-0.4, -0.2) is 27.8 Å². The summed E-state index contributed by atoms with van der Waals surface area (Å²) in [6, 6.07) is 0.747. The lowest BCUT2D eigenvalue weighted by molar-refractivity contribution is 0.409. The van der Waals surface area contributed by atoms with Gasteiger partial charge in [0, 0.05) is 12.5 Å². The molecule has 2 atom stereocenters. The first-order valence-corrected chi connectivity index (χ1v) is 7.96. The number of aromatic nitrogens is 3. The van der Waals surface area contributed by atoms with E-state index in [0.29, 0.717) is 0 Å². The second kappa shape index (κ2) is 8.31. The van der Waals surface area contributed by atoms with E-state index in [0.717, 1.165) is 37.2 Å². The molecule has 0 spiro atoms. The van der Waals surface area contributed by atoms with E-state index in [4.69, 9.17) is 0 Å².